The molecule has 0 spiro atoms. The van der Waals surface area contributed by atoms with E-state index >= 15 is 0 Å². The van der Waals surface area contributed by atoms with Crippen molar-refractivity contribution in [1.29, 1.82) is 0 Å². The standard InChI is InChI=1S/C19H33N5O/c1-19(2,16-6-4-5-7-16)15-21-18(20-3)24-11-9-23(10-12-24)14-17-8-13-25-22-17/h8,13,16H,4-7,9-12,14-15H2,1-3H3,(H,20,21). The van der Waals surface area contributed by atoms with Crippen LogP contribution in [-0.4, -0.2) is 60.7 Å². The molecule has 1 saturated carbocycles. The van der Waals surface area contributed by atoms with Gasteiger partial charge in [-0.2, -0.15) is 0 Å². The first-order valence-corrected chi connectivity index (χ1v) is 9.66. The van der Waals surface area contributed by atoms with Gasteiger partial charge in [0.25, 0.3) is 0 Å². The Hall–Kier alpha value is -1.56. The van der Waals surface area contributed by atoms with Gasteiger partial charge in [0.05, 0.1) is 5.69 Å². The molecule has 0 unspecified atom stereocenters. The molecule has 2 aliphatic rings. The molecule has 0 aromatic carbocycles. The summed E-state index contributed by atoms with van der Waals surface area (Å²) < 4.78 is 4.92. The van der Waals surface area contributed by atoms with Crippen LogP contribution in [-0.2, 0) is 6.54 Å². The van der Waals surface area contributed by atoms with Crippen LogP contribution in [0.2, 0.25) is 0 Å². The van der Waals surface area contributed by atoms with Gasteiger partial charge in [0.1, 0.15) is 6.26 Å². The second kappa shape index (κ2) is 8.21. The van der Waals surface area contributed by atoms with Gasteiger partial charge in [0, 0.05) is 52.4 Å². The number of nitrogens with one attached hydrogen (secondary N) is 1. The van der Waals surface area contributed by atoms with E-state index in [9.17, 15) is 0 Å². The van der Waals surface area contributed by atoms with Gasteiger partial charge in [0.2, 0.25) is 0 Å². The molecule has 2 fully saturated rings. The van der Waals surface area contributed by atoms with Gasteiger partial charge in [-0.15, -0.1) is 0 Å². The molecule has 0 radical (unpaired) electrons. The van der Waals surface area contributed by atoms with Gasteiger partial charge in [-0.1, -0.05) is 31.8 Å². The zero-order valence-corrected chi connectivity index (χ0v) is 16.0. The first kappa shape index (κ1) is 18.2. The summed E-state index contributed by atoms with van der Waals surface area (Å²) in [7, 11) is 1.90. The number of hydrogen-bond acceptors (Lipinski definition) is 4. The molecule has 1 aliphatic heterocycles. The lowest BCUT2D eigenvalue weighted by atomic mass is 9.78. The first-order chi connectivity index (χ1) is 12.1. The highest BCUT2D eigenvalue weighted by atomic mass is 16.5. The van der Waals surface area contributed by atoms with Crippen LogP contribution in [0.15, 0.2) is 21.8 Å². The molecule has 1 aromatic heterocycles. The maximum atomic E-state index is 4.92. The van der Waals surface area contributed by atoms with Gasteiger partial charge in [-0.25, -0.2) is 0 Å². The van der Waals surface area contributed by atoms with Crippen LogP contribution in [0.5, 0.6) is 0 Å². The van der Waals surface area contributed by atoms with Crippen LogP contribution in [0.1, 0.15) is 45.2 Å². The summed E-state index contributed by atoms with van der Waals surface area (Å²) in [5.74, 6) is 1.89. The van der Waals surface area contributed by atoms with Crippen molar-refractivity contribution in [1.82, 2.24) is 20.3 Å². The van der Waals surface area contributed by atoms with Gasteiger partial charge in [-0.3, -0.25) is 9.89 Å². The minimum atomic E-state index is 0.335. The van der Waals surface area contributed by atoms with E-state index in [1.807, 2.05) is 13.1 Å². The average Bonchev–Trinajstić information content (AvgIpc) is 3.30. The van der Waals surface area contributed by atoms with E-state index < -0.39 is 0 Å². The van der Waals surface area contributed by atoms with Crippen LogP contribution in [0, 0.1) is 11.3 Å². The summed E-state index contributed by atoms with van der Waals surface area (Å²) in [6.45, 7) is 10.7. The molecule has 0 atom stereocenters. The molecule has 1 N–H and O–H groups in total. The van der Waals surface area contributed by atoms with Crippen molar-refractivity contribution in [3.8, 4) is 0 Å². The fourth-order valence-electron chi connectivity index (χ4n) is 4.16. The van der Waals surface area contributed by atoms with Crippen LogP contribution in [0.4, 0.5) is 0 Å². The lowest BCUT2D eigenvalue weighted by Crippen LogP contribution is -2.53. The average molecular weight is 348 g/mol. The zero-order chi connectivity index (χ0) is 17.7. The lowest BCUT2D eigenvalue weighted by Gasteiger charge is -2.38. The smallest absolute Gasteiger partial charge is 0.193 e. The summed E-state index contributed by atoms with van der Waals surface area (Å²) in [5, 5.41) is 7.66. The first-order valence-electron chi connectivity index (χ1n) is 9.66. The highest BCUT2D eigenvalue weighted by Gasteiger charge is 2.32. The van der Waals surface area contributed by atoms with Crippen molar-refractivity contribution in [3.63, 3.8) is 0 Å². The third-order valence-electron chi connectivity index (χ3n) is 5.92. The minimum absolute atomic E-state index is 0.335. The molecule has 6 heteroatoms. The van der Waals surface area contributed by atoms with Crippen LogP contribution in [0.25, 0.3) is 0 Å². The summed E-state index contributed by atoms with van der Waals surface area (Å²) in [6, 6.07) is 1.94. The van der Waals surface area contributed by atoms with E-state index in [4.69, 9.17) is 4.52 Å². The number of piperazine rings is 1. The number of nitrogens with zero attached hydrogens (tertiary/aromatic N) is 4. The molecule has 1 aromatic rings. The number of rotatable bonds is 5. The maximum absolute atomic E-state index is 4.92. The van der Waals surface area contributed by atoms with Crippen molar-refractivity contribution in [3.05, 3.63) is 18.0 Å². The number of guanidine groups is 1. The summed E-state index contributed by atoms with van der Waals surface area (Å²) >= 11 is 0. The molecule has 25 heavy (non-hydrogen) atoms. The third-order valence-corrected chi connectivity index (χ3v) is 5.92. The summed E-state index contributed by atoms with van der Waals surface area (Å²) in [5.41, 5.74) is 1.34. The van der Waals surface area contributed by atoms with E-state index in [1.165, 1.54) is 25.7 Å². The topological polar surface area (TPSA) is 56.9 Å². The van der Waals surface area contributed by atoms with Gasteiger partial charge >= 0.3 is 0 Å². The van der Waals surface area contributed by atoms with Gasteiger partial charge in [-0.05, 0) is 24.2 Å². The lowest BCUT2D eigenvalue weighted by molar-refractivity contribution is 0.165. The van der Waals surface area contributed by atoms with Crippen molar-refractivity contribution in [2.75, 3.05) is 39.8 Å². The molecule has 0 amide bonds. The second-order valence-corrected chi connectivity index (χ2v) is 8.12. The van der Waals surface area contributed by atoms with E-state index in [1.54, 1.807) is 6.26 Å². The molecule has 6 nitrogen and oxygen atoms in total. The molecule has 140 valence electrons. The van der Waals surface area contributed by atoms with Crippen molar-refractivity contribution < 1.29 is 4.52 Å². The highest BCUT2D eigenvalue weighted by molar-refractivity contribution is 5.80. The Morgan fingerprint density at radius 2 is 2.00 bits per heavy atom. The maximum Gasteiger partial charge on any atom is 0.193 e. The second-order valence-electron chi connectivity index (χ2n) is 8.12. The molecule has 1 saturated heterocycles. The van der Waals surface area contributed by atoms with Crippen molar-refractivity contribution in [2.24, 2.45) is 16.3 Å². The monoisotopic (exact) mass is 347 g/mol. The number of hydrogen-bond donors (Lipinski definition) is 1. The third kappa shape index (κ3) is 4.75. The molecular weight excluding hydrogens is 314 g/mol. The Bertz CT molecular complexity index is 540. The number of aromatic nitrogens is 1. The Labute approximate surface area is 151 Å². The normalized spacial score (nSPS) is 21.1. The van der Waals surface area contributed by atoms with Crippen LogP contribution < -0.4 is 5.32 Å². The Balaban J connectivity index is 1.46. The Morgan fingerprint density at radius 1 is 1.28 bits per heavy atom. The molecule has 0 bridgehead atoms. The predicted molar refractivity (Wildman–Crippen MR) is 100 cm³/mol. The van der Waals surface area contributed by atoms with Crippen molar-refractivity contribution in [2.45, 2.75) is 46.1 Å². The van der Waals surface area contributed by atoms with Crippen LogP contribution >= 0.6 is 0 Å². The molecular formula is C19H33N5O. The van der Waals surface area contributed by atoms with Gasteiger partial charge in [0.15, 0.2) is 5.96 Å². The summed E-state index contributed by atoms with van der Waals surface area (Å²) in [4.78, 5) is 9.33. The van der Waals surface area contributed by atoms with E-state index in [2.05, 4.69) is 39.1 Å². The Kier molecular flexibility index (Phi) is 5.99. The van der Waals surface area contributed by atoms with E-state index in [-0.39, 0.29) is 0 Å². The summed E-state index contributed by atoms with van der Waals surface area (Å²) in [6.07, 6.45) is 7.21. The van der Waals surface area contributed by atoms with Crippen molar-refractivity contribution >= 4 is 5.96 Å². The van der Waals surface area contributed by atoms with E-state index in [0.717, 1.165) is 56.8 Å². The highest BCUT2D eigenvalue weighted by Crippen LogP contribution is 2.39. The molecule has 1 aliphatic carbocycles. The SMILES string of the molecule is CN=C(NCC(C)(C)C1CCCC1)N1CCN(Cc2ccon2)CC1. The predicted octanol–water partition coefficient (Wildman–Crippen LogP) is 2.58. The largest absolute Gasteiger partial charge is 0.364 e. The fraction of sp³-hybridized carbons (Fsp3) is 0.789. The minimum Gasteiger partial charge on any atom is -0.364 e. The van der Waals surface area contributed by atoms with Crippen LogP contribution in [0.3, 0.4) is 0 Å². The zero-order valence-electron chi connectivity index (χ0n) is 16.0. The quantitative estimate of drug-likeness (QED) is 0.655. The van der Waals surface area contributed by atoms with E-state index in [0.29, 0.717) is 5.41 Å². The van der Waals surface area contributed by atoms with Gasteiger partial charge < -0.3 is 14.7 Å². The number of aliphatic imine (C=N–C) groups is 1. The molecule has 3 rings (SSSR count). The molecule has 2 heterocycles. The fourth-order valence-corrected chi connectivity index (χ4v) is 4.16. The Morgan fingerprint density at radius 3 is 2.60 bits per heavy atom.